The smallest absolute Gasteiger partial charge is 0.326 e. The van der Waals surface area contributed by atoms with E-state index in [4.69, 9.17) is 14.2 Å². The zero-order valence-corrected chi connectivity index (χ0v) is 18.0. The molecule has 2 amide bonds. The first-order valence-electron chi connectivity index (χ1n) is 9.65. The normalized spacial score (nSPS) is 16.3. The Bertz CT molecular complexity index is 791. The van der Waals surface area contributed by atoms with Gasteiger partial charge in [0.05, 0.1) is 24.7 Å². The van der Waals surface area contributed by atoms with E-state index in [9.17, 15) is 14.4 Å². The molecule has 0 radical (unpaired) electrons. The Morgan fingerprint density at radius 3 is 2.66 bits per heavy atom. The van der Waals surface area contributed by atoms with Gasteiger partial charge in [0.1, 0.15) is 6.54 Å². The van der Waals surface area contributed by atoms with E-state index >= 15 is 0 Å². The second-order valence-corrected chi connectivity index (χ2v) is 7.58. The summed E-state index contributed by atoms with van der Waals surface area (Å²) in [6.45, 7) is 5.93. The van der Waals surface area contributed by atoms with Crippen LogP contribution in [-0.2, 0) is 14.3 Å². The Hall–Kier alpha value is -2.48. The minimum Gasteiger partial charge on any atom is -0.493 e. The van der Waals surface area contributed by atoms with Gasteiger partial charge in [-0.1, -0.05) is 26.3 Å². The molecule has 1 aliphatic heterocycles. The van der Waals surface area contributed by atoms with Crippen LogP contribution in [0.3, 0.4) is 0 Å². The van der Waals surface area contributed by atoms with Gasteiger partial charge in [0.2, 0.25) is 0 Å². The van der Waals surface area contributed by atoms with E-state index in [2.05, 4.69) is 6.92 Å². The highest BCUT2D eigenvalue weighted by molar-refractivity contribution is 8.18. The molecular weight excluding hydrogens is 394 g/mol. The van der Waals surface area contributed by atoms with Crippen LogP contribution in [0.4, 0.5) is 4.79 Å². The highest BCUT2D eigenvalue weighted by Crippen LogP contribution is 2.34. The molecule has 1 heterocycles. The lowest BCUT2D eigenvalue weighted by Gasteiger charge is -2.14. The fourth-order valence-electron chi connectivity index (χ4n) is 2.48. The van der Waals surface area contributed by atoms with Gasteiger partial charge in [-0.2, -0.15) is 0 Å². The Labute approximate surface area is 175 Å². The number of ether oxygens (including phenoxy) is 3. The molecule has 0 N–H and O–H groups in total. The number of esters is 1. The summed E-state index contributed by atoms with van der Waals surface area (Å²) in [6, 6.07) is 5.30. The number of thioether (sulfide) groups is 1. The number of imide groups is 1. The van der Waals surface area contributed by atoms with Crippen molar-refractivity contribution in [3.63, 3.8) is 0 Å². The molecule has 1 aromatic carbocycles. The van der Waals surface area contributed by atoms with Crippen LogP contribution in [0.1, 0.15) is 45.6 Å². The molecule has 158 valence electrons. The fourth-order valence-corrected chi connectivity index (χ4v) is 3.32. The standard InChI is InChI=1S/C21H27NO6S/c1-5-7-10-27-16-9-8-15(11-17(16)26-4)12-18-20(24)22(21(25)29-18)13-19(23)28-14(3)6-2/h8-9,11-12,14H,5-7,10,13H2,1-4H3/b18-12-/t14-/m1/s1. The Morgan fingerprint density at radius 1 is 1.24 bits per heavy atom. The highest BCUT2D eigenvalue weighted by atomic mass is 32.2. The highest BCUT2D eigenvalue weighted by Gasteiger charge is 2.36. The van der Waals surface area contributed by atoms with Gasteiger partial charge in [-0.25, -0.2) is 0 Å². The van der Waals surface area contributed by atoms with Crippen molar-refractivity contribution in [3.8, 4) is 11.5 Å². The lowest BCUT2D eigenvalue weighted by molar-refractivity contribution is -0.150. The first-order chi connectivity index (χ1) is 13.9. The third-order valence-corrected chi connectivity index (χ3v) is 5.22. The molecule has 0 spiro atoms. The maximum Gasteiger partial charge on any atom is 0.326 e. The number of nitrogens with zero attached hydrogens (tertiary/aromatic N) is 1. The van der Waals surface area contributed by atoms with Crippen molar-refractivity contribution in [1.29, 1.82) is 0 Å². The number of carbonyl (C=O) groups excluding carboxylic acids is 3. The monoisotopic (exact) mass is 421 g/mol. The van der Waals surface area contributed by atoms with Crippen molar-refractivity contribution in [3.05, 3.63) is 28.7 Å². The number of amides is 2. The molecule has 1 saturated heterocycles. The quantitative estimate of drug-likeness (QED) is 0.317. The predicted molar refractivity (Wildman–Crippen MR) is 112 cm³/mol. The molecule has 0 aromatic heterocycles. The van der Waals surface area contributed by atoms with Gasteiger partial charge >= 0.3 is 5.97 Å². The van der Waals surface area contributed by atoms with Gasteiger partial charge in [-0.15, -0.1) is 0 Å². The van der Waals surface area contributed by atoms with E-state index in [1.54, 1.807) is 38.3 Å². The summed E-state index contributed by atoms with van der Waals surface area (Å²) in [5.41, 5.74) is 0.692. The molecule has 29 heavy (non-hydrogen) atoms. The second-order valence-electron chi connectivity index (χ2n) is 6.59. The molecule has 2 rings (SSSR count). The molecular formula is C21H27NO6S. The third kappa shape index (κ3) is 6.25. The first kappa shape index (κ1) is 22.8. The first-order valence-corrected chi connectivity index (χ1v) is 10.5. The Balaban J connectivity index is 2.11. The minimum atomic E-state index is -0.599. The van der Waals surface area contributed by atoms with Crippen molar-refractivity contribution in [2.45, 2.75) is 46.1 Å². The van der Waals surface area contributed by atoms with E-state index in [0.717, 1.165) is 29.5 Å². The summed E-state index contributed by atoms with van der Waals surface area (Å²) in [7, 11) is 1.54. The molecule has 0 unspecified atom stereocenters. The van der Waals surface area contributed by atoms with Crippen LogP contribution in [0.15, 0.2) is 23.1 Å². The topological polar surface area (TPSA) is 82.1 Å². The average molecular weight is 422 g/mol. The van der Waals surface area contributed by atoms with Crippen molar-refractivity contribution >= 4 is 35.0 Å². The summed E-state index contributed by atoms with van der Waals surface area (Å²) in [4.78, 5) is 37.8. The summed E-state index contributed by atoms with van der Waals surface area (Å²) in [6.07, 6.45) is 3.97. The van der Waals surface area contributed by atoms with Gasteiger partial charge in [-0.3, -0.25) is 19.3 Å². The number of benzene rings is 1. The molecule has 1 atom stereocenters. The maximum atomic E-state index is 12.6. The SMILES string of the molecule is CCCCOc1ccc(/C=C2\SC(=O)N(CC(=O)O[C@H](C)CC)C2=O)cc1OC. The van der Waals surface area contributed by atoms with E-state index in [1.165, 1.54) is 0 Å². The molecule has 0 saturated carbocycles. The molecule has 1 fully saturated rings. The largest absolute Gasteiger partial charge is 0.493 e. The molecule has 0 aliphatic carbocycles. The third-order valence-electron chi connectivity index (χ3n) is 4.31. The molecule has 1 aromatic rings. The zero-order chi connectivity index (χ0) is 21.4. The molecule has 1 aliphatic rings. The second kappa shape index (κ2) is 10.9. The summed E-state index contributed by atoms with van der Waals surface area (Å²) in [5, 5.41) is -0.492. The van der Waals surface area contributed by atoms with Crippen molar-refractivity contribution in [2.24, 2.45) is 0 Å². The number of rotatable bonds is 10. The van der Waals surface area contributed by atoms with Gasteiger partial charge in [0.25, 0.3) is 11.1 Å². The van der Waals surface area contributed by atoms with E-state index in [0.29, 0.717) is 30.1 Å². The van der Waals surface area contributed by atoms with Crippen LogP contribution in [-0.4, -0.2) is 48.4 Å². The van der Waals surface area contributed by atoms with Crippen LogP contribution in [0.25, 0.3) is 6.08 Å². The minimum absolute atomic E-state index is 0.244. The summed E-state index contributed by atoms with van der Waals surface area (Å²) >= 11 is 0.796. The van der Waals surface area contributed by atoms with Gasteiger partial charge in [-0.05, 0) is 55.3 Å². The van der Waals surface area contributed by atoms with Crippen molar-refractivity contribution in [2.75, 3.05) is 20.3 Å². The number of unbranched alkanes of at least 4 members (excludes halogenated alkanes) is 1. The van der Waals surface area contributed by atoms with E-state index in [1.807, 2.05) is 6.92 Å². The number of hydrogen-bond acceptors (Lipinski definition) is 7. The molecule has 8 heteroatoms. The van der Waals surface area contributed by atoms with E-state index < -0.39 is 17.1 Å². The van der Waals surface area contributed by atoms with Crippen LogP contribution in [0.5, 0.6) is 11.5 Å². The van der Waals surface area contributed by atoms with Crippen LogP contribution in [0.2, 0.25) is 0 Å². The number of hydrogen-bond donors (Lipinski definition) is 0. The van der Waals surface area contributed by atoms with E-state index in [-0.39, 0.29) is 17.6 Å². The van der Waals surface area contributed by atoms with Crippen LogP contribution >= 0.6 is 11.8 Å². The number of carbonyl (C=O) groups is 3. The lowest BCUT2D eigenvalue weighted by Crippen LogP contribution is -2.35. The average Bonchev–Trinajstić information content (AvgIpc) is 2.96. The van der Waals surface area contributed by atoms with Gasteiger partial charge < -0.3 is 14.2 Å². The molecule has 7 nitrogen and oxygen atoms in total. The Kier molecular flexibility index (Phi) is 8.57. The van der Waals surface area contributed by atoms with Crippen molar-refractivity contribution in [1.82, 2.24) is 4.90 Å². The molecule has 0 bridgehead atoms. The maximum absolute atomic E-state index is 12.6. The Morgan fingerprint density at radius 2 is 2.00 bits per heavy atom. The summed E-state index contributed by atoms with van der Waals surface area (Å²) in [5.74, 6) is 0.0618. The van der Waals surface area contributed by atoms with Crippen LogP contribution < -0.4 is 9.47 Å². The lowest BCUT2D eigenvalue weighted by atomic mass is 10.2. The summed E-state index contributed by atoms with van der Waals surface area (Å²) < 4.78 is 16.2. The van der Waals surface area contributed by atoms with Gasteiger partial charge in [0.15, 0.2) is 11.5 Å². The van der Waals surface area contributed by atoms with Crippen molar-refractivity contribution < 1.29 is 28.6 Å². The predicted octanol–water partition coefficient (Wildman–Crippen LogP) is 4.25. The van der Waals surface area contributed by atoms with Gasteiger partial charge in [0, 0.05) is 0 Å². The number of methoxy groups -OCH3 is 1. The van der Waals surface area contributed by atoms with Crippen LogP contribution in [0, 0.1) is 0 Å². The zero-order valence-electron chi connectivity index (χ0n) is 17.2. The fraction of sp³-hybridized carbons (Fsp3) is 0.476.